The van der Waals surface area contributed by atoms with Crippen molar-refractivity contribution in [2.24, 2.45) is 0 Å². The first-order valence-corrected chi connectivity index (χ1v) is 14.1. The van der Waals surface area contributed by atoms with E-state index >= 15 is 0 Å². The molecule has 0 aliphatic carbocycles. The van der Waals surface area contributed by atoms with Crippen molar-refractivity contribution < 1.29 is 15.7 Å². The van der Waals surface area contributed by atoms with Crippen molar-refractivity contribution in [1.29, 1.82) is 0 Å². The van der Waals surface area contributed by atoms with Gasteiger partial charge in [-0.15, -0.1) is 0 Å². The molecule has 3 aromatic heterocycles. The number of fused-ring (bicyclic) bond motifs is 6. The van der Waals surface area contributed by atoms with E-state index < -0.39 is 18.1 Å². The molecule has 3 heterocycles. The molecule has 5 nitrogen and oxygen atoms in total. The largest absolute Gasteiger partial charge is 0.456 e. The van der Waals surface area contributed by atoms with Crippen molar-refractivity contribution in [3.8, 4) is 45.3 Å². The number of hydrogen-bond acceptors (Lipinski definition) is 5. The van der Waals surface area contributed by atoms with Gasteiger partial charge in [0.2, 0.25) is 0 Å². The SMILES string of the molecule is [2H]c1c([2H])c([2H])c(-c2cccc3c2oc2cc(-c4nc(-c5ccccc5)nc(-c5cccc6oc7ccccc7c56)n4)ccc23)c([2H])c1[2H]. The van der Waals surface area contributed by atoms with Crippen LogP contribution in [0.3, 0.4) is 0 Å². The molecular weight excluding hydrogens is 542 g/mol. The average molecular weight is 571 g/mol. The van der Waals surface area contributed by atoms with Crippen molar-refractivity contribution in [1.82, 2.24) is 15.0 Å². The Morgan fingerprint density at radius 1 is 0.455 bits per heavy atom. The van der Waals surface area contributed by atoms with Gasteiger partial charge in [-0.1, -0.05) is 115 Å². The van der Waals surface area contributed by atoms with Gasteiger partial charge in [0.1, 0.15) is 22.3 Å². The van der Waals surface area contributed by atoms with E-state index in [1.54, 1.807) is 12.1 Å². The van der Waals surface area contributed by atoms with Crippen LogP contribution in [0.1, 0.15) is 6.85 Å². The number of furan rings is 2. The van der Waals surface area contributed by atoms with E-state index in [0.29, 0.717) is 39.8 Å². The number of aromatic nitrogens is 3. The lowest BCUT2D eigenvalue weighted by Crippen LogP contribution is -2.00. The Balaban J connectivity index is 1.26. The van der Waals surface area contributed by atoms with Gasteiger partial charge in [0, 0.05) is 43.8 Å². The quantitative estimate of drug-likeness (QED) is 0.211. The molecule has 0 bridgehead atoms. The summed E-state index contributed by atoms with van der Waals surface area (Å²) in [6.45, 7) is 0. The van der Waals surface area contributed by atoms with E-state index in [2.05, 4.69) is 0 Å². The molecule has 0 N–H and O–H groups in total. The molecule has 0 saturated carbocycles. The lowest BCUT2D eigenvalue weighted by molar-refractivity contribution is 0.669. The van der Waals surface area contributed by atoms with Crippen molar-refractivity contribution in [2.75, 3.05) is 0 Å². The molecule has 6 aromatic carbocycles. The van der Waals surface area contributed by atoms with Crippen LogP contribution in [-0.4, -0.2) is 15.0 Å². The molecule has 0 aliphatic heterocycles. The normalized spacial score (nSPS) is 13.2. The average Bonchev–Trinajstić information content (AvgIpc) is 3.72. The fourth-order valence-corrected chi connectivity index (χ4v) is 5.82. The van der Waals surface area contributed by atoms with Crippen LogP contribution in [0.15, 0.2) is 148 Å². The van der Waals surface area contributed by atoms with Crippen LogP contribution < -0.4 is 0 Å². The highest BCUT2D eigenvalue weighted by Crippen LogP contribution is 2.39. The van der Waals surface area contributed by atoms with Crippen LogP contribution >= 0.6 is 0 Å². The minimum atomic E-state index is -0.441. The van der Waals surface area contributed by atoms with Gasteiger partial charge < -0.3 is 8.83 Å². The van der Waals surface area contributed by atoms with Gasteiger partial charge in [-0.05, 0) is 29.8 Å². The fourth-order valence-electron chi connectivity index (χ4n) is 5.82. The van der Waals surface area contributed by atoms with E-state index in [1.165, 1.54) is 0 Å². The maximum atomic E-state index is 8.55. The number of hydrogen-bond donors (Lipinski definition) is 0. The van der Waals surface area contributed by atoms with E-state index in [4.69, 9.17) is 30.6 Å². The molecule has 9 aromatic rings. The highest BCUT2D eigenvalue weighted by molar-refractivity contribution is 6.12. The molecule has 9 rings (SSSR count). The van der Waals surface area contributed by atoms with Crippen LogP contribution in [0.5, 0.6) is 0 Å². The monoisotopic (exact) mass is 570 g/mol. The number of benzene rings is 6. The molecular formula is C39H23N3O2. The first-order valence-electron chi connectivity index (χ1n) is 16.6. The molecule has 0 radical (unpaired) electrons. The third kappa shape index (κ3) is 3.91. The van der Waals surface area contributed by atoms with Crippen molar-refractivity contribution in [3.05, 3.63) is 139 Å². The van der Waals surface area contributed by atoms with Gasteiger partial charge in [-0.3, -0.25) is 0 Å². The third-order valence-electron chi connectivity index (χ3n) is 7.84. The molecule has 0 aliphatic rings. The summed E-state index contributed by atoms with van der Waals surface area (Å²) in [5.74, 6) is 1.45. The van der Waals surface area contributed by atoms with Crippen LogP contribution in [-0.2, 0) is 0 Å². The minimum Gasteiger partial charge on any atom is -0.456 e. The van der Waals surface area contributed by atoms with Crippen molar-refractivity contribution in [3.63, 3.8) is 0 Å². The van der Waals surface area contributed by atoms with E-state index in [1.807, 2.05) is 97.1 Å². The van der Waals surface area contributed by atoms with Gasteiger partial charge >= 0.3 is 0 Å². The van der Waals surface area contributed by atoms with E-state index in [-0.39, 0.29) is 17.6 Å². The predicted molar refractivity (Wildman–Crippen MR) is 176 cm³/mol. The summed E-state index contributed by atoms with van der Waals surface area (Å²) in [5.41, 5.74) is 5.34. The smallest absolute Gasteiger partial charge is 0.164 e. The number of para-hydroxylation sites is 2. The first-order chi connectivity index (χ1) is 23.9. The van der Waals surface area contributed by atoms with Crippen LogP contribution in [0.4, 0.5) is 0 Å². The molecule has 0 unspecified atom stereocenters. The fraction of sp³-hybridized carbons (Fsp3) is 0. The van der Waals surface area contributed by atoms with Crippen LogP contribution in [0.2, 0.25) is 0 Å². The Morgan fingerprint density at radius 3 is 2.05 bits per heavy atom. The Labute approximate surface area is 259 Å². The maximum absolute atomic E-state index is 8.55. The first kappa shape index (κ1) is 19.9. The zero-order valence-corrected chi connectivity index (χ0v) is 23.1. The van der Waals surface area contributed by atoms with Gasteiger partial charge in [0.05, 0.1) is 6.85 Å². The lowest BCUT2D eigenvalue weighted by atomic mass is 10.0. The summed E-state index contributed by atoms with van der Waals surface area (Å²) in [4.78, 5) is 14.9. The molecule has 44 heavy (non-hydrogen) atoms. The molecule has 0 spiro atoms. The minimum absolute atomic E-state index is 0.0893. The molecule has 0 atom stereocenters. The zero-order valence-electron chi connectivity index (χ0n) is 28.1. The zero-order chi connectivity index (χ0) is 33.4. The highest BCUT2D eigenvalue weighted by Gasteiger charge is 2.19. The Bertz CT molecular complexity index is 2760. The summed E-state index contributed by atoms with van der Waals surface area (Å²) in [6.07, 6.45) is 0. The summed E-state index contributed by atoms with van der Waals surface area (Å²) >= 11 is 0. The topological polar surface area (TPSA) is 65.0 Å². The lowest BCUT2D eigenvalue weighted by Gasteiger charge is -2.09. The van der Waals surface area contributed by atoms with Crippen LogP contribution in [0.25, 0.3) is 89.2 Å². The summed E-state index contributed by atoms with van der Waals surface area (Å²) in [7, 11) is 0. The summed E-state index contributed by atoms with van der Waals surface area (Å²) < 4.78 is 54.1. The number of rotatable bonds is 4. The van der Waals surface area contributed by atoms with E-state index in [0.717, 1.165) is 43.8 Å². The van der Waals surface area contributed by atoms with E-state index in [9.17, 15) is 0 Å². The Hall–Kier alpha value is -6.07. The highest BCUT2D eigenvalue weighted by atomic mass is 16.3. The summed E-state index contributed by atoms with van der Waals surface area (Å²) in [6, 6.07) is 32.8. The second kappa shape index (κ2) is 9.75. The maximum Gasteiger partial charge on any atom is 0.164 e. The van der Waals surface area contributed by atoms with Crippen LogP contribution in [0, 0.1) is 0 Å². The Morgan fingerprint density at radius 2 is 1.16 bits per heavy atom. The van der Waals surface area contributed by atoms with Gasteiger partial charge in [0.25, 0.3) is 0 Å². The molecule has 0 fully saturated rings. The number of nitrogens with zero attached hydrogens (tertiary/aromatic N) is 3. The molecule has 0 saturated heterocycles. The predicted octanol–water partition coefficient (Wildman–Crippen LogP) is 10.3. The van der Waals surface area contributed by atoms with Gasteiger partial charge in [-0.2, -0.15) is 0 Å². The molecule has 0 amide bonds. The van der Waals surface area contributed by atoms with Gasteiger partial charge in [-0.25, -0.2) is 15.0 Å². The Kier molecular flexibility index (Phi) is 4.42. The van der Waals surface area contributed by atoms with Crippen molar-refractivity contribution >= 4 is 43.9 Å². The molecule has 5 heteroatoms. The van der Waals surface area contributed by atoms with Crippen molar-refractivity contribution in [2.45, 2.75) is 0 Å². The standard InChI is InChI=1S/C39H23N3O2/c1-3-11-24(12-4-1)27-16-9-17-29-28-22-21-26(23-34(28)44-36(27)29)38-40-37(25-13-5-2-6-14-25)41-39(42-38)31-18-10-20-33-35(31)30-15-7-8-19-32(30)43-33/h1-23H/i1D,3D,4D,11D,12D. The second-order valence-corrected chi connectivity index (χ2v) is 10.4. The molecule has 206 valence electrons. The second-order valence-electron chi connectivity index (χ2n) is 10.4. The van der Waals surface area contributed by atoms with Gasteiger partial charge in [0.15, 0.2) is 17.5 Å². The summed E-state index contributed by atoms with van der Waals surface area (Å²) in [5, 5.41) is 3.45. The third-order valence-corrected chi connectivity index (χ3v) is 7.84.